The predicted octanol–water partition coefficient (Wildman–Crippen LogP) is 4.09. The Morgan fingerprint density at radius 3 is 2.13 bits per heavy atom. The third kappa shape index (κ3) is 5.32. The van der Waals surface area contributed by atoms with E-state index in [1.807, 2.05) is 6.92 Å². The molecule has 0 aromatic heterocycles. The largest absolute Gasteiger partial charge is 0.484 e. The van der Waals surface area contributed by atoms with Gasteiger partial charge in [-0.15, -0.1) is 0 Å². The van der Waals surface area contributed by atoms with Crippen molar-refractivity contribution in [1.29, 1.82) is 0 Å². The number of para-hydroxylation sites is 1. The van der Waals surface area contributed by atoms with Crippen LogP contribution in [0.1, 0.15) is 5.56 Å². The second-order valence-electron chi connectivity index (χ2n) is 6.38. The Balaban J connectivity index is 1.60. The SMILES string of the molecule is Cc1ccc(NS(=O)(=O)c2ccc(OCC(=O)Nc3c(F)cccc3F)cc2)cc1. The second-order valence-corrected chi connectivity index (χ2v) is 8.06. The van der Waals surface area contributed by atoms with Crippen molar-refractivity contribution < 1.29 is 26.7 Å². The maximum absolute atomic E-state index is 13.5. The molecule has 30 heavy (non-hydrogen) atoms. The fraction of sp³-hybridized carbons (Fsp3) is 0.0952. The molecule has 0 bridgehead atoms. The van der Waals surface area contributed by atoms with Crippen LogP contribution in [0.25, 0.3) is 0 Å². The number of nitrogens with one attached hydrogen (secondary N) is 2. The molecule has 0 aliphatic rings. The minimum atomic E-state index is -3.79. The van der Waals surface area contributed by atoms with Gasteiger partial charge in [0, 0.05) is 5.69 Å². The van der Waals surface area contributed by atoms with Gasteiger partial charge in [-0.05, 0) is 55.5 Å². The van der Waals surface area contributed by atoms with Crippen molar-refractivity contribution in [3.8, 4) is 5.75 Å². The lowest BCUT2D eigenvalue weighted by Crippen LogP contribution is -2.21. The summed E-state index contributed by atoms with van der Waals surface area (Å²) in [6.07, 6.45) is 0. The number of ether oxygens (including phenoxy) is 1. The average molecular weight is 432 g/mol. The number of benzene rings is 3. The summed E-state index contributed by atoms with van der Waals surface area (Å²) in [6.45, 7) is 1.38. The molecule has 0 spiro atoms. The Morgan fingerprint density at radius 1 is 0.933 bits per heavy atom. The number of anilines is 2. The first kappa shape index (κ1) is 21.3. The molecule has 156 valence electrons. The third-order valence-electron chi connectivity index (χ3n) is 4.03. The first-order valence-electron chi connectivity index (χ1n) is 8.81. The number of rotatable bonds is 7. The number of sulfonamides is 1. The summed E-state index contributed by atoms with van der Waals surface area (Å²) in [7, 11) is -3.79. The van der Waals surface area contributed by atoms with Gasteiger partial charge in [-0.25, -0.2) is 17.2 Å². The Hall–Kier alpha value is -3.46. The number of halogens is 2. The first-order chi connectivity index (χ1) is 14.2. The van der Waals surface area contributed by atoms with Crippen LogP contribution in [0, 0.1) is 18.6 Å². The van der Waals surface area contributed by atoms with Crippen LogP contribution in [-0.2, 0) is 14.8 Å². The molecule has 6 nitrogen and oxygen atoms in total. The highest BCUT2D eigenvalue weighted by Gasteiger charge is 2.15. The van der Waals surface area contributed by atoms with Crippen LogP contribution in [0.4, 0.5) is 20.2 Å². The third-order valence-corrected chi connectivity index (χ3v) is 5.43. The van der Waals surface area contributed by atoms with Gasteiger partial charge in [-0.1, -0.05) is 23.8 Å². The Bertz CT molecular complexity index is 1130. The van der Waals surface area contributed by atoms with Crippen LogP contribution < -0.4 is 14.8 Å². The zero-order valence-electron chi connectivity index (χ0n) is 15.9. The van der Waals surface area contributed by atoms with E-state index in [1.165, 1.54) is 30.3 Å². The molecular formula is C21H18F2N2O4S. The maximum Gasteiger partial charge on any atom is 0.262 e. The molecule has 0 saturated heterocycles. The molecule has 0 atom stereocenters. The zero-order valence-corrected chi connectivity index (χ0v) is 16.7. The van der Waals surface area contributed by atoms with E-state index in [0.29, 0.717) is 5.69 Å². The lowest BCUT2D eigenvalue weighted by molar-refractivity contribution is -0.118. The molecule has 2 N–H and O–H groups in total. The lowest BCUT2D eigenvalue weighted by Gasteiger charge is -2.11. The predicted molar refractivity (Wildman–Crippen MR) is 109 cm³/mol. The summed E-state index contributed by atoms with van der Waals surface area (Å²) in [5, 5.41) is 2.10. The summed E-state index contributed by atoms with van der Waals surface area (Å²) in [5.41, 5.74) is 0.869. The van der Waals surface area contributed by atoms with Crippen molar-refractivity contribution in [2.45, 2.75) is 11.8 Å². The minimum absolute atomic E-state index is 0.00769. The molecular weight excluding hydrogens is 414 g/mol. The minimum Gasteiger partial charge on any atom is -0.484 e. The smallest absolute Gasteiger partial charge is 0.262 e. The van der Waals surface area contributed by atoms with Crippen LogP contribution in [0.2, 0.25) is 0 Å². The zero-order chi connectivity index (χ0) is 21.7. The van der Waals surface area contributed by atoms with Gasteiger partial charge in [0.25, 0.3) is 15.9 Å². The van der Waals surface area contributed by atoms with Gasteiger partial charge < -0.3 is 10.1 Å². The molecule has 3 rings (SSSR count). The van der Waals surface area contributed by atoms with Crippen molar-refractivity contribution in [2.75, 3.05) is 16.6 Å². The van der Waals surface area contributed by atoms with Crippen LogP contribution in [0.3, 0.4) is 0 Å². The summed E-state index contributed by atoms with van der Waals surface area (Å²) in [4.78, 5) is 11.9. The normalized spacial score (nSPS) is 11.0. The summed E-state index contributed by atoms with van der Waals surface area (Å²) in [6, 6.07) is 15.5. The standard InChI is InChI=1S/C21H18F2N2O4S/c1-14-5-7-15(8-6-14)25-30(27,28)17-11-9-16(10-12-17)29-13-20(26)24-21-18(22)3-2-4-19(21)23/h2-12,25H,13H2,1H3,(H,24,26). The van der Waals surface area contributed by atoms with Crippen molar-refractivity contribution in [2.24, 2.45) is 0 Å². The van der Waals surface area contributed by atoms with E-state index in [0.717, 1.165) is 17.7 Å². The molecule has 0 fully saturated rings. The second kappa shape index (κ2) is 8.91. The molecule has 0 radical (unpaired) electrons. The van der Waals surface area contributed by atoms with Crippen molar-refractivity contribution in [1.82, 2.24) is 0 Å². The fourth-order valence-electron chi connectivity index (χ4n) is 2.49. The van der Waals surface area contributed by atoms with Crippen LogP contribution in [-0.4, -0.2) is 20.9 Å². The molecule has 0 aliphatic carbocycles. The average Bonchev–Trinajstić information content (AvgIpc) is 2.71. The van der Waals surface area contributed by atoms with E-state index in [4.69, 9.17) is 4.74 Å². The highest BCUT2D eigenvalue weighted by molar-refractivity contribution is 7.92. The van der Waals surface area contributed by atoms with Gasteiger partial charge in [0.15, 0.2) is 6.61 Å². The van der Waals surface area contributed by atoms with E-state index in [-0.39, 0.29) is 10.6 Å². The highest BCUT2D eigenvalue weighted by atomic mass is 32.2. The van der Waals surface area contributed by atoms with Gasteiger partial charge in [-0.2, -0.15) is 0 Å². The van der Waals surface area contributed by atoms with Crippen molar-refractivity contribution >= 4 is 27.3 Å². The molecule has 9 heteroatoms. The number of amides is 1. The molecule has 1 amide bonds. The lowest BCUT2D eigenvalue weighted by atomic mass is 10.2. The van der Waals surface area contributed by atoms with Crippen LogP contribution >= 0.6 is 0 Å². The van der Waals surface area contributed by atoms with E-state index in [9.17, 15) is 22.0 Å². The molecule has 0 saturated carbocycles. The Morgan fingerprint density at radius 2 is 1.53 bits per heavy atom. The van der Waals surface area contributed by atoms with Gasteiger partial charge in [0.2, 0.25) is 0 Å². The van der Waals surface area contributed by atoms with Crippen LogP contribution in [0.5, 0.6) is 5.75 Å². The van der Waals surface area contributed by atoms with Crippen LogP contribution in [0.15, 0.2) is 71.6 Å². The first-order valence-corrected chi connectivity index (χ1v) is 10.3. The maximum atomic E-state index is 13.5. The highest BCUT2D eigenvalue weighted by Crippen LogP contribution is 2.20. The molecule has 3 aromatic rings. The van der Waals surface area contributed by atoms with Gasteiger partial charge >= 0.3 is 0 Å². The van der Waals surface area contributed by atoms with Crippen molar-refractivity contribution in [3.63, 3.8) is 0 Å². The Labute approximate surface area is 172 Å². The van der Waals surface area contributed by atoms with Gasteiger partial charge in [0.05, 0.1) is 4.90 Å². The van der Waals surface area contributed by atoms with E-state index in [1.54, 1.807) is 24.3 Å². The van der Waals surface area contributed by atoms with E-state index >= 15 is 0 Å². The van der Waals surface area contributed by atoms with E-state index < -0.39 is 39.9 Å². The summed E-state index contributed by atoms with van der Waals surface area (Å²) in [5.74, 6) is -2.36. The van der Waals surface area contributed by atoms with Gasteiger partial charge in [-0.3, -0.25) is 9.52 Å². The summed E-state index contributed by atoms with van der Waals surface area (Å²) >= 11 is 0. The van der Waals surface area contributed by atoms with Crippen molar-refractivity contribution in [3.05, 3.63) is 83.9 Å². The summed E-state index contributed by atoms with van der Waals surface area (Å²) < 4.78 is 59.7. The topological polar surface area (TPSA) is 84.5 Å². The number of hydrogen-bond donors (Lipinski definition) is 2. The quantitative estimate of drug-likeness (QED) is 0.589. The van der Waals surface area contributed by atoms with Gasteiger partial charge in [0.1, 0.15) is 23.1 Å². The molecule has 0 unspecified atom stereocenters. The molecule has 0 heterocycles. The van der Waals surface area contributed by atoms with E-state index in [2.05, 4.69) is 10.0 Å². The number of hydrogen-bond acceptors (Lipinski definition) is 4. The fourth-order valence-corrected chi connectivity index (χ4v) is 3.55. The molecule has 0 aliphatic heterocycles. The monoisotopic (exact) mass is 432 g/mol. The number of carbonyl (C=O) groups is 1. The Kier molecular flexibility index (Phi) is 6.31. The number of aryl methyl sites for hydroxylation is 1. The number of carbonyl (C=O) groups excluding carboxylic acids is 1. The molecule has 3 aromatic carbocycles.